The second-order valence-electron chi connectivity index (χ2n) is 5.59. The van der Waals surface area contributed by atoms with Crippen molar-refractivity contribution in [3.05, 3.63) is 28.2 Å². The Hall–Kier alpha value is -0.430. The number of rotatable bonds is 5. The molecule has 0 saturated carbocycles. The van der Waals surface area contributed by atoms with Crippen molar-refractivity contribution >= 4 is 26.0 Å². The van der Waals surface area contributed by atoms with Gasteiger partial charge in [-0.25, -0.2) is 13.1 Å². The Morgan fingerprint density at radius 1 is 1.19 bits per heavy atom. The van der Waals surface area contributed by atoms with Crippen molar-refractivity contribution in [2.24, 2.45) is 0 Å². The summed E-state index contributed by atoms with van der Waals surface area (Å²) in [5, 5.41) is 0. The molecule has 4 nitrogen and oxygen atoms in total. The molecule has 1 aliphatic rings. The molecule has 1 aromatic carbocycles. The summed E-state index contributed by atoms with van der Waals surface area (Å²) in [6.07, 6.45) is 5.02. The minimum Gasteiger partial charge on any atom is -0.302 e. The molecule has 118 valence electrons. The molecular weight excluding hydrogens is 352 g/mol. The van der Waals surface area contributed by atoms with Crippen LogP contribution in [0.25, 0.3) is 0 Å². The third-order valence-electron chi connectivity index (χ3n) is 3.80. The molecule has 0 bridgehead atoms. The number of sulfonamides is 1. The Morgan fingerprint density at radius 2 is 1.86 bits per heavy atom. The third-order valence-corrected chi connectivity index (χ3v) is 6.23. The van der Waals surface area contributed by atoms with Crippen LogP contribution in [0.3, 0.4) is 0 Å². The Labute approximate surface area is 136 Å². The molecule has 0 radical (unpaired) electrons. The highest BCUT2D eigenvalue weighted by Crippen LogP contribution is 2.22. The highest BCUT2D eigenvalue weighted by Gasteiger charge is 2.17. The van der Waals surface area contributed by atoms with Crippen molar-refractivity contribution in [3.8, 4) is 0 Å². The summed E-state index contributed by atoms with van der Waals surface area (Å²) in [6.45, 7) is 5.34. The van der Waals surface area contributed by atoms with Gasteiger partial charge in [-0.05, 0) is 66.5 Å². The molecule has 1 heterocycles. The smallest absolute Gasteiger partial charge is 0.241 e. The minimum atomic E-state index is -3.44. The number of hydrogen-bond donors (Lipinski definition) is 1. The molecule has 0 atom stereocenters. The molecule has 0 unspecified atom stereocenters. The second kappa shape index (κ2) is 7.72. The fraction of sp³-hybridized carbons (Fsp3) is 0.600. The predicted molar refractivity (Wildman–Crippen MR) is 89.0 cm³/mol. The zero-order valence-corrected chi connectivity index (χ0v) is 14.8. The van der Waals surface area contributed by atoms with Gasteiger partial charge in [-0.15, -0.1) is 0 Å². The van der Waals surface area contributed by atoms with Crippen molar-refractivity contribution in [1.82, 2.24) is 9.62 Å². The maximum atomic E-state index is 12.3. The lowest BCUT2D eigenvalue weighted by molar-refractivity contribution is 0.290. The molecule has 1 N–H and O–H groups in total. The van der Waals surface area contributed by atoms with Gasteiger partial charge in [0, 0.05) is 17.6 Å². The molecule has 0 aliphatic carbocycles. The number of likely N-dealkylation sites (tertiary alicyclic amines) is 1. The van der Waals surface area contributed by atoms with E-state index in [0.29, 0.717) is 15.9 Å². The quantitative estimate of drug-likeness (QED) is 0.861. The van der Waals surface area contributed by atoms with E-state index in [1.54, 1.807) is 6.07 Å². The van der Waals surface area contributed by atoms with Crippen LogP contribution in [0.15, 0.2) is 27.6 Å². The van der Waals surface area contributed by atoms with Crippen LogP contribution in [0.5, 0.6) is 0 Å². The first-order valence-corrected chi connectivity index (χ1v) is 9.75. The van der Waals surface area contributed by atoms with Gasteiger partial charge in [0.25, 0.3) is 0 Å². The maximum absolute atomic E-state index is 12.3. The molecule has 0 spiro atoms. The molecule has 6 heteroatoms. The van der Waals surface area contributed by atoms with Crippen LogP contribution in [0, 0.1) is 6.92 Å². The number of nitrogens with zero attached hydrogens (tertiary/aromatic N) is 1. The average molecular weight is 375 g/mol. The number of nitrogens with one attached hydrogen (secondary N) is 1. The van der Waals surface area contributed by atoms with Crippen LogP contribution in [0.2, 0.25) is 0 Å². The van der Waals surface area contributed by atoms with Gasteiger partial charge in [0.05, 0.1) is 4.90 Å². The number of aryl methyl sites for hydroxylation is 1. The van der Waals surface area contributed by atoms with Crippen LogP contribution in [-0.4, -0.2) is 39.5 Å². The van der Waals surface area contributed by atoms with E-state index < -0.39 is 10.0 Å². The normalized spacial score (nSPS) is 17.6. The first kappa shape index (κ1) is 16.9. The van der Waals surface area contributed by atoms with Crippen molar-refractivity contribution in [2.75, 3.05) is 26.2 Å². The van der Waals surface area contributed by atoms with Crippen LogP contribution in [-0.2, 0) is 10.0 Å². The van der Waals surface area contributed by atoms with Gasteiger partial charge in [0.2, 0.25) is 10.0 Å². The molecule has 1 fully saturated rings. The average Bonchev–Trinajstić information content (AvgIpc) is 2.66. The second-order valence-corrected chi connectivity index (χ2v) is 8.18. The lowest BCUT2D eigenvalue weighted by Crippen LogP contribution is -2.35. The molecule has 0 amide bonds. The fourth-order valence-corrected chi connectivity index (χ4v) is 4.81. The topological polar surface area (TPSA) is 49.4 Å². The van der Waals surface area contributed by atoms with Gasteiger partial charge in [0.1, 0.15) is 0 Å². The van der Waals surface area contributed by atoms with Gasteiger partial charge >= 0.3 is 0 Å². The van der Waals surface area contributed by atoms with Gasteiger partial charge in [-0.1, -0.05) is 18.9 Å². The van der Waals surface area contributed by atoms with Gasteiger partial charge < -0.3 is 4.90 Å². The SMILES string of the molecule is Cc1ccc(S(=O)(=O)NCCN2CCCCCC2)c(Br)c1. The third kappa shape index (κ3) is 5.06. The van der Waals surface area contributed by atoms with E-state index in [1.807, 2.05) is 19.1 Å². The van der Waals surface area contributed by atoms with Gasteiger partial charge in [-0.3, -0.25) is 0 Å². The van der Waals surface area contributed by atoms with E-state index in [4.69, 9.17) is 0 Å². The zero-order chi connectivity index (χ0) is 15.3. The highest BCUT2D eigenvalue weighted by molar-refractivity contribution is 9.10. The standard InChI is InChI=1S/C15H23BrN2O2S/c1-13-6-7-15(14(16)12-13)21(19,20)17-8-11-18-9-4-2-3-5-10-18/h6-7,12,17H,2-5,8-11H2,1H3. The molecule has 1 aromatic rings. The summed E-state index contributed by atoms with van der Waals surface area (Å²) in [7, 11) is -3.44. The van der Waals surface area contributed by atoms with Crippen molar-refractivity contribution in [3.63, 3.8) is 0 Å². The predicted octanol–water partition coefficient (Wildman–Crippen LogP) is 2.91. The molecule has 0 aromatic heterocycles. The van der Waals surface area contributed by atoms with Crippen LogP contribution in [0.4, 0.5) is 0 Å². The molecule has 1 aliphatic heterocycles. The van der Waals surface area contributed by atoms with Crippen LogP contribution >= 0.6 is 15.9 Å². The summed E-state index contributed by atoms with van der Waals surface area (Å²) >= 11 is 3.33. The lowest BCUT2D eigenvalue weighted by atomic mass is 10.2. The van der Waals surface area contributed by atoms with E-state index in [2.05, 4.69) is 25.6 Å². The van der Waals surface area contributed by atoms with Gasteiger partial charge in [-0.2, -0.15) is 0 Å². The van der Waals surface area contributed by atoms with E-state index in [1.165, 1.54) is 25.7 Å². The fourth-order valence-electron chi connectivity index (χ4n) is 2.60. The molecule has 2 rings (SSSR count). The monoisotopic (exact) mass is 374 g/mol. The van der Waals surface area contributed by atoms with E-state index in [-0.39, 0.29) is 0 Å². The largest absolute Gasteiger partial charge is 0.302 e. The first-order chi connectivity index (χ1) is 9.99. The highest BCUT2D eigenvalue weighted by atomic mass is 79.9. The number of halogens is 1. The Morgan fingerprint density at radius 3 is 2.48 bits per heavy atom. The molecule has 21 heavy (non-hydrogen) atoms. The Balaban J connectivity index is 1.91. The zero-order valence-electron chi connectivity index (χ0n) is 12.4. The van der Waals surface area contributed by atoms with E-state index in [9.17, 15) is 8.42 Å². The van der Waals surface area contributed by atoms with Gasteiger partial charge in [0.15, 0.2) is 0 Å². The first-order valence-electron chi connectivity index (χ1n) is 7.47. The molecular formula is C15H23BrN2O2S. The van der Waals surface area contributed by atoms with Crippen molar-refractivity contribution < 1.29 is 8.42 Å². The Bertz CT molecular complexity index is 567. The minimum absolute atomic E-state index is 0.309. The van der Waals surface area contributed by atoms with Crippen LogP contribution < -0.4 is 4.72 Å². The summed E-state index contributed by atoms with van der Waals surface area (Å²) in [4.78, 5) is 2.66. The molecule has 1 saturated heterocycles. The van der Waals surface area contributed by atoms with E-state index >= 15 is 0 Å². The number of benzene rings is 1. The van der Waals surface area contributed by atoms with Crippen molar-refractivity contribution in [1.29, 1.82) is 0 Å². The van der Waals surface area contributed by atoms with Crippen molar-refractivity contribution in [2.45, 2.75) is 37.5 Å². The van der Waals surface area contributed by atoms with Crippen LogP contribution in [0.1, 0.15) is 31.2 Å². The van der Waals surface area contributed by atoms with E-state index in [0.717, 1.165) is 25.2 Å². The summed E-state index contributed by atoms with van der Waals surface area (Å²) in [5.74, 6) is 0. The summed E-state index contributed by atoms with van der Waals surface area (Å²) < 4.78 is 27.9. The Kier molecular flexibility index (Phi) is 6.22. The number of hydrogen-bond acceptors (Lipinski definition) is 3. The summed E-state index contributed by atoms with van der Waals surface area (Å²) in [6, 6.07) is 5.28. The maximum Gasteiger partial charge on any atom is 0.241 e. The lowest BCUT2D eigenvalue weighted by Gasteiger charge is -2.19. The summed E-state index contributed by atoms with van der Waals surface area (Å²) in [5.41, 5.74) is 1.03.